The van der Waals surface area contributed by atoms with Gasteiger partial charge in [-0.1, -0.05) is 0 Å². The molecule has 0 aliphatic carbocycles. The zero-order chi connectivity index (χ0) is 3.91. The summed E-state index contributed by atoms with van der Waals surface area (Å²) in [7, 11) is 0. The quantitative estimate of drug-likeness (QED) is 0.369. The minimum atomic E-state index is -0.750. The molecule has 0 aromatic heterocycles. The summed E-state index contributed by atoms with van der Waals surface area (Å²) < 4.78 is 4.45. The first kappa shape index (κ1) is 3.16. The number of epoxide rings is 1. The van der Waals surface area contributed by atoms with Crippen LogP contribution in [-0.4, -0.2) is 12.2 Å². The molecule has 0 saturated carbocycles. The van der Waals surface area contributed by atoms with E-state index in [4.69, 9.17) is 13.8 Å². The molecule has 0 aromatic carbocycles. The largest absolute Gasteiger partial charge is 0.369 e. The molecule has 5 heavy (non-hydrogen) atoms. The van der Waals surface area contributed by atoms with Crippen LogP contribution in [0.3, 0.4) is 0 Å². The van der Waals surface area contributed by atoms with E-state index in [2.05, 4.69) is 4.74 Å². The van der Waals surface area contributed by atoms with Gasteiger partial charge in [0.15, 0.2) is 0 Å². The second-order valence-corrected chi connectivity index (χ2v) is 1.24. The van der Waals surface area contributed by atoms with Crippen LogP contribution in [0.15, 0.2) is 0 Å². The van der Waals surface area contributed by atoms with Gasteiger partial charge in [0.1, 0.15) is 0 Å². The molecule has 1 rings (SSSR count). The van der Waals surface area contributed by atoms with E-state index in [1.165, 1.54) is 0 Å². The Hall–Kier alpha value is -0.0400. The van der Waals surface area contributed by atoms with Crippen molar-refractivity contribution < 1.29 is 4.74 Å². The fourth-order valence-electron chi connectivity index (χ4n) is 0.0833. The van der Waals surface area contributed by atoms with Crippen molar-refractivity contribution in [1.82, 2.24) is 0 Å². The average Bonchev–Trinajstić information content (AvgIpc) is 1.76. The standard InChI is InChI=1S/C4H4O/c1-4(2)3-5-4/h1-2H,3H2. The summed E-state index contributed by atoms with van der Waals surface area (Å²) in [6.45, 7) is 10.5. The Kier molecular flexibility index (Phi) is 0.346. The molecule has 1 heteroatoms. The van der Waals surface area contributed by atoms with Crippen molar-refractivity contribution in [2.75, 3.05) is 6.61 Å². The summed E-state index contributed by atoms with van der Waals surface area (Å²) >= 11 is 0. The molecule has 1 aliphatic heterocycles. The highest BCUT2D eigenvalue weighted by molar-refractivity contribution is 4.96. The Labute approximate surface area is 31.9 Å². The predicted octanol–water partition coefficient (Wildman–Crippen LogP) is 0.178. The molecule has 0 unspecified atom stereocenters. The van der Waals surface area contributed by atoms with Crippen molar-refractivity contribution in [3.63, 3.8) is 0 Å². The van der Waals surface area contributed by atoms with Crippen molar-refractivity contribution in [3.8, 4) is 0 Å². The molecule has 0 bridgehead atoms. The van der Waals surface area contributed by atoms with E-state index in [0.29, 0.717) is 6.61 Å². The lowest BCUT2D eigenvalue weighted by atomic mass is 10.3. The van der Waals surface area contributed by atoms with E-state index in [0.717, 1.165) is 0 Å². The minimum absolute atomic E-state index is 0.507. The Morgan fingerprint density at radius 3 is 1.80 bits per heavy atom. The zero-order valence-corrected chi connectivity index (χ0v) is 2.77. The van der Waals surface area contributed by atoms with Crippen molar-refractivity contribution in [3.05, 3.63) is 13.8 Å². The van der Waals surface area contributed by atoms with Crippen molar-refractivity contribution in [2.45, 2.75) is 5.60 Å². The van der Waals surface area contributed by atoms with E-state index in [1.807, 2.05) is 0 Å². The number of hydrogen-bond donors (Lipinski definition) is 0. The zero-order valence-electron chi connectivity index (χ0n) is 2.77. The molecule has 1 saturated heterocycles. The van der Waals surface area contributed by atoms with Crippen LogP contribution >= 0.6 is 0 Å². The molecular weight excluding hydrogens is 64.0 g/mol. The van der Waals surface area contributed by atoms with Gasteiger partial charge in [0.2, 0.25) is 0 Å². The monoisotopic (exact) mass is 68.0 g/mol. The fourth-order valence-corrected chi connectivity index (χ4v) is 0.0833. The molecule has 1 heterocycles. The van der Waals surface area contributed by atoms with Gasteiger partial charge in [-0.05, 0) is 0 Å². The van der Waals surface area contributed by atoms with Gasteiger partial charge in [-0.2, -0.15) is 0 Å². The van der Waals surface area contributed by atoms with Crippen LogP contribution in [-0.2, 0) is 4.74 Å². The Morgan fingerprint density at radius 1 is 1.60 bits per heavy atom. The molecule has 0 aromatic rings. The SMILES string of the molecule is [CH]C1([CH])CO1. The van der Waals surface area contributed by atoms with Crippen LogP contribution < -0.4 is 0 Å². The lowest BCUT2D eigenvalue weighted by Gasteiger charge is -1.79. The molecule has 1 nitrogen and oxygen atoms in total. The maximum absolute atomic E-state index is 5.02. The molecule has 0 amide bonds. The second kappa shape index (κ2) is 0.548. The summed E-state index contributed by atoms with van der Waals surface area (Å²) in [5.74, 6) is 0. The fraction of sp³-hybridized carbons (Fsp3) is 0.500. The lowest BCUT2D eigenvalue weighted by Crippen LogP contribution is -1.92. The van der Waals surface area contributed by atoms with Gasteiger partial charge in [0.05, 0.1) is 12.2 Å². The third-order valence-corrected chi connectivity index (χ3v) is 0.478. The Balaban J connectivity index is 2.38. The maximum Gasteiger partial charge on any atom is 0.0987 e. The topological polar surface area (TPSA) is 12.5 Å². The highest BCUT2D eigenvalue weighted by atomic mass is 16.6. The van der Waals surface area contributed by atoms with E-state index in [9.17, 15) is 0 Å². The molecule has 0 atom stereocenters. The third-order valence-electron chi connectivity index (χ3n) is 0.478. The molecule has 4 radical (unpaired) electrons. The van der Waals surface area contributed by atoms with Gasteiger partial charge >= 0.3 is 0 Å². The Bertz CT molecular complexity index is 41.6. The predicted molar refractivity (Wildman–Crippen MR) is 17.3 cm³/mol. The van der Waals surface area contributed by atoms with Gasteiger partial charge in [-0.3, -0.25) is 0 Å². The first-order valence-corrected chi connectivity index (χ1v) is 1.42. The van der Waals surface area contributed by atoms with Crippen LogP contribution in [0.4, 0.5) is 0 Å². The van der Waals surface area contributed by atoms with Crippen LogP contribution in [0.25, 0.3) is 0 Å². The molecule has 0 spiro atoms. The summed E-state index contributed by atoms with van der Waals surface area (Å²) in [5, 5.41) is 0. The second-order valence-electron chi connectivity index (χ2n) is 1.24. The van der Waals surface area contributed by atoms with Crippen LogP contribution in [0, 0.1) is 13.8 Å². The first-order chi connectivity index (χ1) is 2.21. The van der Waals surface area contributed by atoms with Crippen molar-refractivity contribution in [2.24, 2.45) is 0 Å². The summed E-state index contributed by atoms with van der Waals surface area (Å²) in [6, 6.07) is 0. The summed E-state index contributed by atoms with van der Waals surface area (Å²) in [4.78, 5) is 0. The number of rotatable bonds is 0. The average molecular weight is 68.1 g/mol. The van der Waals surface area contributed by atoms with E-state index < -0.39 is 5.60 Å². The van der Waals surface area contributed by atoms with Crippen molar-refractivity contribution >= 4 is 0 Å². The van der Waals surface area contributed by atoms with Gasteiger partial charge in [0.25, 0.3) is 0 Å². The highest BCUT2D eigenvalue weighted by Crippen LogP contribution is 2.22. The molecular formula is C4H4O. The van der Waals surface area contributed by atoms with Crippen LogP contribution in [0.1, 0.15) is 0 Å². The summed E-state index contributed by atoms with van der Waals surface area (Å²) in [5.41, 5.74) is -0.750. The van der Waals surface area contributed by atoms with Gasteiger partial charge in [-0.15, -0.1) is 0 Å². The molecule has 0 N–H and O–H groups in total. The minimum Gasteiger partial charge on any atom is -0.369 e. The van der Waals surface area contributed by atoms with Crippen molar-refractivity contribution in [1.29, 1.82) is 0 Å². The van der Waals surface area contributed by atoms with Crippen LogP contribution in [0.2, 0.25) is 0 Å². The Morgan fingerprint density at radius 2 is 1.80 bits per heavy atom. The number of hydrogen-bond acceptors (Lipinski definition) is 1. The van der Waals surface area contributed by atoms with E-state index in [-0.39, 0.29) is 0 Å². The number of ether oxygens (including phenoxy) is 1. The normalized spacial score (nSPS) is 30.0. The van der Waals surface area contributed by atoms with E-state index in [1.54, 1.807) is 0 Å². The molecule has 26 valence electrons. The maximum atomic E-state index is 5.02. The van der Waals surface area contributed by atoms with E-state index >= 15 is 0 Å². The first-order valence-electron chi connectivity index (χ1n) is 1.42. The molecule has 1 aliphatic rings. The van der Waals surface area contributed by atoms with Gasteiger partial charge < -0.3 is 4.74 Å². The van der Waals surface area contributed by atoms with Gasteiger partial charge in [-0.25, -0.2) is 0 Å². The highest BCUT2D eigenvalue weighted by Gasteiger charge is 2.33. The lowest BCUT2D eigenvalue weighted by molar-refractivity contribution is 0.389. The third kappa shape index (κ3) is 0.618. The molecule has 1 fully saturated rings. The smallest absolute Gasteiger partial charge is 0.0987 e. The summed E-state index contributed by atoms with van der Waals surface area (Å²) in [6.07, 6.45) is 0. The van der Waals surface area contributed by atoms with Crippen LogP contribution in [0.5, 0.6) is 0 Å². The van der Waals surface area contributed by atoms with Gasteiger partial charge in [0, 0.05) is 13.8 Å².